The largest absolute Gasteiger partial charge is 0.318 e. The normalized spacial score (nSPS) is 22.3. The SMILES string of the molecule is O=P(c1ccccc1Br)(C1CCCCC1)C1CCCCC1. The van der Waals surface area contributed by atoms with Gasteiger partial charge in [-0.15, -0.1) is 0 Å². The van der Waals surface area contributed by atoms with E-state index in [0.29, 0.717) is 11.3 Å². The third-order valence-electron chi connectivity index (χ3n) is 5.46. The van der Waals surface area contributed by atoms with Crippen LogP contribution in [0, 0.1) is 0 Å². The van der Waals surface area contributed by atoms with E-state index >= 15 is 0 Å². The number of rotatable bonds is 3. The predicted octanol–water partition coefficient (Wildman–Crippen LogP) is 6.10. The van der Waals surface area contributed by atoms with E-state index in [1.165, 1.54) is 64.2 Å². The molecule has 0 bridgehead atoms. The number of hydrogen-bond acceptors (Lipinski definition) is 1. The zero-order valence-corrected chi connectivity index (χ0v) is 15.2. The first-order valence-corrected chi connectivity index (χ1v) is 11.2. The Bertz CT molecular complexity index is 494. The highest BCUT2D eigenvalue weighted by atomic mass is 79.9. The summed E-state index contributed by atoms with van der Waals surface area (Å²) in [5, 5.41) is 1.14. The standard InChI is InChI=1S/C18H26BrOP/c19-17-13-7-8-14-18(17)21(20,15-9-3-1-4-10-15)16-11-5-2-6-12-16/h7-8,13-16H,1-6,9-12H2. The lowest BCUT2D eigenvalue weighted by Gasteiger charge is -2.38. The maximum atomic E-state index is 14.3. The summed E-state index contributed by atoms with van der Waals surface area (Å²) in [5.41, 5.74) is 0.876. The molecule has 2 aliphatic carbocycles. The zero-order valence-electron chi connectivity index (χ0n) is 12.8. The van der Waals surface area contributed by atoms with Gasteiger partial charge in [-0.2, -0.15) is 0 Å². The first kappa shape index (κ1) is 15.8. The molecule has 2 aliphatic rings. The molecule has 0 aliphatic heterocycles. The molecule has 3 rings (SSSR count). The van der Waals surface area contributed by atoms with E-state index < -0.39 is 7.14 Å². The summed E-state index contributed by atoms with van der Waals surface area (Å²) in [4.78, 5) is 0. The van der Waals surface area contributed by atoms with Crippen molar-refractivity contribution in [2.45, 2.75) is 75.5 Å². The average Bonchev–Trinajstić information content (AvgIpc) is 2.56. The highest BCUT2D eigenvalue weighted by Gasteiger charge is 2.43. The van der Waals surface area contributed by atoms with Gasteiger partial charge in [-0.1, -0.05) is 72.7 Å². The Labute approximate surface area is 137 Å². The minimum Gasteiger partial charge on any atom is -0.318 e. The quantitative estimate of drug-likeness (QED) is 0.588. The van der Waals surface area contributed by atoms with Gasteiger partial charge in [0.2, 0.25) is 0 Å². The first-order chi connectivity index (χ1) is 10.2. The molecule has 0 atom stereocenters. The molecule has 21 heavy (non-hydrogen) atoms. The summed E-state index contributed by atoms with van der Waals surface area (Å²) in [6.07, 6.45) is 12.4. The third kappa shape index (κ3) is 3.17. The van der Waals surface area contributed by atoms with Crippen LogP contribution >= 0.6 is 23.1 Å². The van der Waals surface area contributed by atoms with Crippen molar-refractivity contribution < 1.29 is 4.57 Å². The molecule has 0 N–H and O–H groups in total. The highest BCUT2D eigenvalue weighted by molar-refractivity contribution is 9.10. The van der Waals surface area contributed by atoms with Gasteiger partial charge in [0.1, 0.15) is 7.14 Å². The van der Waals surface area contributed by atoms with Crippen LogP contribution in [0.2, 0.25) is 0 Å². The molecule has 0 saturated heterocycles. The van der Waals surface area contributed by atoms with Gasteiger partial charge in [0.05, 0.1) is 0 Å². The topological polar surface area (TPSA) is 17.1 Å². The van der Waals surface area contributed by atoms with Crippen LogP contribution in [0.1, 0.15) is 64.2 Å². The van der Waals surface area contributed by atoms with Crippen LogP contribution in [0.25, 0.3) is 0 Å². The summed E-state index contributed by atoms with van der Waals surface area (Å²) in [5.74, 6) is 0. The highest BCUT2D eigenvalue weighted by Crippen LogP contribution is 2.62. The smallest absolute Gasteiger partial charge is 0.122 e. The van der Waals surface area contributed by atoms with Crippen LogP contribution in [0.3, 0.4) is 0 Å². The van der Waals surface area contributed by atoms with Gasteiger partial charge in [-0.25, -0.2) is 0 Å². The fourth-order valence-electron chi connectivity index (χ4n) is 4.36. The lowest BCUT2D eigenvalue weighted by molar-refractivity contribution is 0.452. The average molecular weight is 369 g/mol. The third-order valence-corrected chi connectivity index (χ3v) is 10.8. The number of benzene rings is 1. The second kappa shape index (κ2) is 7.01. The van der Waals surface area contributed by atoms with Gasteiger partial charge in [-0.3, -0.25) is 0 Å². The van der Waals surface area contributed by atoms with Crippen molar-refractivity contribution in [1.29, 1.82) is 0 Å². The van der Waals surface area contributed by atoms with Crippen molar-refractivity contribution in [2.24, 2.45) is 0 Å². The van der Waals surface area contributed by atoms with E-state index in [-0.39, 0.29) is 0 Å². The van der Waals surface area contributed by atoms with Crippen molar-refractivity contribution in [3.8, 4) is 0 Å². The lowest BCUT2D eigenvalue weighted by Crippen LogP contribution is -2.30. The molecule has 0 amide bonds. The molecule has 1 aromatic rings. The fourth-order valence-corrected chi connectivity index (χ4v) is 9.85. The first-order valence-electron chi connectivity index (χ1n) is 8.57. The van der Waals surface area contributed by atoms with Crippen molar-refractivity contribution in [1.82, 2.24) is 0 Å². The van der Waals surface area contributed by atoms with Crippen molar-refractivity contribution in [2.75, 3.05) is 0 Å². The summed E-state index contributed by atoms with van der Waals surface area (Å²) in [7, 11) is -2.31. The molecule has 0 unspecified atom stereocenters. The molecule has 3 heteroatoms. The minimum atomic E-state index is -2.31. The molecular weight excluding hydrogens is 343 g/mol. The van der Waals surface area contributed by atoms with Gasteiger partial charge in [0, 0.05) is 21.1 Å². The van der Waals surface area contributed by atoms with E-state index in [2.05, 4.69) is 34.1 Å². The van der Waals surface area contributed by atoms with E-state index in [9.17, 15) is 4.57 Å². The second-order valence-corrected chi connectivity index (χ2v) is 11.0. The molecule has 0 aromatic heterocycles. The van der Waals surface area contributed by atoms with Crippen LogP contribution in [-0.2, 0) is 4.57 Å². The monoisotopic (exact) mass is 368 g/mol. The molecule has 2 fully saturated rings. The maximum absolute atomic E-state index is 14.3. The summed E-state index contributed by atoms with van der Waals surface area (Å²) < 4.78 is 15.4. The Morgan fingerprint density at radius 1 is 0.810 bits per heavy atom. The number of hydrogen-bond donors (Lipinski definition) is 0. The fraction of sp³-hybridized carbons (Fsp3) is 0.667. The summed E-state index contributed by atoms with van der Waals surface area (Å²) in [6.45, 7) is 0. The van der Waals surface area contributed by atoms with Crippen LogP contribution in [0.5, 0.6) is 0 Å². The van der Waals surface area contributed by atoms with E-state index in [1.807, 2.05) is 6.07 Å². The summed E-state index contributed by atoms with van der Waals surface area (Å²) in [6, 6.07) is 8.32. The molecule has 1 aromatic carbocycles. The van der Waals surface area contributed by atoms with Gasteiger partial charge < -0.3 is 4.57 Å². The minimum absolute atomic E-state index is 0.438. The van der Waals surface area contributed by atoms with Gasteiger partial charge in [0.15, 0.2) is 0 Å². The Balaban J connectivity index is 2.01. The van der Waals surface area contributed by atoms with Crippen LogP contribution in [0.15, 0.2) is 28.7 Å². The van der Waals surface area contributed by atoms with Crippen LogP contribution in [0.4, 0.5) is 0 Å². The van der Waals surface area contributed by atoms with E-state index in [0.717, 1.165) is 9.78 Å². The van der Waals surface area contributed by atoms with Gasteiger partial charge in [0.25, 0.3) is 0 Å². The van der Waals surface area contributed by atoms with Crippen molar-refractivity contribution in [3.05, 3.63) is 28.7 Å². The Morgan fingerprint density at radius 2 is 1.29 bits per heavy atom. The molecule has 116 valence electrons. The Morgan fingerprint density at radius 3 is 1.76 bits per heavy atom. The second-order valence-electron chi connectivity index (χ2n) is 6.74. The molecular formula is C18H26BrOP. The van der Waals surface area contributed by atoms with E-state index in [4.69, 9.17) is 0 Å². The van der Waals surface area contributed by atoms with E-state index in [1.54, 1.807) is 0 Å². The van der Waals surface area contributed by atoms with Crippen molar-refractivity contribution in [3.63, 3.8) is 0 Å². The van der Waals surface area contributed by atoms with Gasteiger partial charge in [-0.05, 0) is 31.7 Å². The predicted molar refractivity (Wildman–Crippen MR) is 95.1 cm³/mol. The molecule has 1 nitrogen and oxygen atoms in total. The lowest BCUT2D eigenvalue weighted by atomic mass is 9.99. The summed E-state index contributed by atoms with van der Waals surface area (Å²) >= 11 is 3.69. The molecule has 2 saturated carbocycles. The number of halogens is 1. The van der Waals surface area contributed by atoms with Crippen LogP contribution < -0.4 is 5.30 Å². The maximum Gasteiger partial charge on any atom is 0.122 e. The van der Waals surface area contributed by atoms with Crippen LogP contribution in [-0.4, -0.2) is 11.3 Å². The zero-order chi connectivity index (χ0) is 14.7. The molecule has 0 radical (unpaired) electrons. The molecule has 0 spiro atoms. The molecule has 0 heterocycles. The Hall–Kier alpha value is -0.0700. The Kier molecular flexibility index (Phi) is 5.27. The van der Waals surface area contributed by atoms with Gasteiger partial charge >= 0.3 is 0 Å². The van der Waals surface area contributed by atoms with Crippen molar-refractivity contribution >= 4 is 28.4 Å².